The first kappa shape index (κ1) is 19.5. The lowest BCUT2D eigenvalue weighted by Crippen LogP contribution is -2.34. The van der Waals surface area contributed by atoms with E-state index in [0.29, 0.717) is 18.5 Å². The van der Waals surface area contributed by atoms with E-state index in [1.165, 1.54) is 24.3 Å². The van der Waals surface area contributed by atoms with E-state index in [9.17, 15) is 18.4 Å². The summed E-state index contributed by atoms with van der Waals surface area (Å²) in [5.74, 6) is -2.34. The normalized spacial score (nSPS) is 10.7. The van der Waals surface area contributed by atoms with Gasteiger partial charge in [0.2, 0.25) is 5.91 Å². The van der Waals surface area contributed by atoms with E-state index in [4.69, 9.17) is 5.11 Å². The van der Waals surface area contributed by atoms with Gasteiger partial charge in [0.05, 0.1) is 12.2 Å². The smallest absolute Gasteiger partial charge is 0.303 e. The van der Waals surface area contributed by atoms with E-state index in [-0.39, 0.29) is 25.2 Å². The molecule has 0 radical (unpaired) electrons. The molecule has 26 heavy (non-hydrogen) atoms. The summed E-state index contributed by atoms with van der Waals surface area (Å²) in [7, 11) is 0. The Labute approximate surface area is 150 Å². The fraction of sp³-hybridized carbons (Fsp3) is 0.263. The van der Waals surface area contributed by atoms with Crippen LogP contribution >= 0.6 is 0 Å². The summed E-state index contributed by atoms with van der Waals surface area (Å²) < 4.78 is 27.5. The Morgan fingerprint density at radius 2 is 1.65 bits per heavy atom. The zero-order valence-corrected chi connectivity index (χ0v) is 14.1. The van der Waals surface area contributed by atoms with Gasteiger partial charge in [0.25, 0.3) is 0 Å². The first-order chi connectivity index (χ1) is 12.5. The third-order valence-corrected chi connectivity index (χ3v) is 3.73. The van der Waals surface area contributed by atoms with Gasteiger partial charge in [-0.2, -0.15) is 0 Å². The lowest BCUT2D eigenvalue weighted by Gasteiger charge is -2.22. The van der Waals surface area contributed by atoms with Gasteiger partial charge < -0.3 is 10.4 Å². The molecule has 7 heteroatoms. The Kier molecular flexibility index (Phi) is 7.23. The maximum atomic E-state index is 13.9. The van der Waals surface area contributed by atoms with Crippen molar-refractivity contribution >= 4 is 17.6 Å². The molecule has 0 saturated heterocycles. The number of hydrogen-bond acceptors (Lipinski definition) is 3. The van der Waals surface area contributed by atoms with Crippen molar-refractivity contribution in [2.45, 2.75) is 19.4 Å². The number of carbonyl (C=O) groups excluding carboxylic acids is 1. The largest absolute Gasteiger partial charge is 0.481 e. The van der Waals surface area contributed by atoms with Crippen LogP contribution in [0, 0.1) is 11.6 Å². The van der Waals surface area contributed by atoms with Gasteiger partial charge >= 0.3 is 5.97 Å². The topological polar surface area (TPSA) is 69.6 Å². The van der Waals surface area contributed by atoms with Crippen molar-refractivity contribution in [3.05, 3.63) is 65.7 Å². The fourth-order valence-electron chi connectivity index (χ4n) is 2.49. The van der Waals surface area contributed by atoms with E-state index >= 15 is 0 Å². The molecule has 0 fully saturated rings. The van der Waals surface area contributed by atoms with Gasteiger partial charge in [-0.05, 0) is 31.2 Å². The molecule has 2 N–H and O–H groups in total. The Morgan fingerprint density at radius 3 is 2.31 bits per heavy atom. The van der Waals surface area contributed by atoms with E-state index in [1.54, 1.807) is 29.2 Å². The van der Waals surface area contributed by atoms with Gasteiger partial charge in [-0.1, -0.05) is 30.3 Å². The van der Waals surface area contributed by atoms with Crippen LogP contribution in [0.1, 0.15) is 18.4 Å². The minimum atomic E-state index is -0.938. The third kappa shape index (κ3) is 6.25. The molecule has 0 aliphatic heterocycles. The Balaban J connectivity index is 2.02. The number of nitrogens with zero attached hydrogens (tertiary/aromatic N) is 1. The number of amides is 1. The molecule has 2 rings (SSSR count). The lowest BCUT2D eigenvalue weighted by atomic mass is 10.2. The summed E-state index contributed by atoms with van der Waals surface area (Å²) >= 11 is 0. The van der Waals surface area contributed by atoms with Crippen molar-refractivity contribution in [1.82, 2.24) is 4.90 Å². The monoisotopic (exact) mass is 362 g/mol. The van der Waals surface area contributed by atoms with Gasteiger partial charge in [0.15, 0.2) is 0 Å². The van der Waals surface area contributed by atoms with E-state index in [0.717, 1.165) is 0 Å². The average Bonchev–Trinajstić information content (AvgIpc) is 2.58. The van der Waals surface area contributed by atoms with Gasteiger partial charge in [0.1, 0.15) is 11.6 Å². The molecule has 0 aromatic heterocycles. The fourth-order valence-corrected chi connectivity index (χ4v) is 2.49. The van der Waals surface area contributed by atoms with Crippen LogP contribution in [-0.4, -0.2) is 35.0 Å². The second-order valence-electron chi connectivity index (χ2n) is 5.83. The SMILES string of the molecule is O=C(O)CCCN(CC(=O)Nc1ccccc1F)Cc1ccccc1F. The number of carboxylic acids is 1. The number of nitrogens with one attached hydrogen (secondary N) is 1. The summed E-state index contributed by atoms with van der Waals surface area (Å²) in [6, 6.07) is 12.0. The van der Waals surface area contributed by atoms with Crippen molar-refractivity contribution in [3.8, 4) is 0 Å². The number of aliphatic carboxylic acids is 1. The average molecular weight is 362 g/mol. The van der Waals surface area contributed by atoms with Gasteiger partial charge in [0, 0.05) is 18.5 Å². The molecule has 0 bridgehead atoms. The molecule has 138 valence electrons. The maximum Gasteiger partial charge on any atom is 0.303 e. The summed E-state index contributed by atoms with van der Waals surface area (Å²) in [4.78, 5) is 24.5. The molecule has 2 aromatic carbocycles. The summed E-state index contributed by atoms with van der Waals surface area (Å²) in [6.07, 6.45) is 0.263. The molecule has 2 aromatic rings. The quantitative estimate of drug-likeness (QED) is 0.718. The van der Waals surface area contributed by atoms with Crippen molar-refractivity contribution in [1.29, 1.82) is 0 Å². The third-order valence-electron chi connectivity index (χ3n) is 3.73. The molecule has 0 unspecified atom stereocenters. The van der Waals surface area contributed by atoms with Crippen molar-refractivity contribution < 1.29 is 23.5 Å². The van der Waals surface area contributed by atoms with Crippen LogP contribution in [0.3, 0.4) is 0 Å². The van der Waals surface area contributed by atoms with Crippen LogP contribution in [0.2, 0.25) is 0 Å². The van der Waals surface area contributed by atoms with Crippen molar-refractivity contribution in [2.75, 3.05) is 18.4 Å². The van der Waals surface area contributed by atoms with E-state index < -0.39 is 23.5 Å². The molecule has 0 saturated carbocycles. The number of anilines is 1. The van der Waals surface area contributed by atoms with Gasteiger partial charge in [-0.3, -0.25) is 14.5 Å². The molecular weight excluding hydrogens is 342 g/mol. The van der Waals surface area contributed by atoms with Crippen LogP contribution in [0.5, 0.6) is 0 Å². The number of rotatable bonds is 9. The standard InChI is InChI=1S/C19H20F2N2O3/c20-15-7-2-1-6-14(15)12-23(11-5-10-19(25)26)13-18(24)22-17-9-4-3-8-16(17)21/h1-4,6-9H,5,10-13H2,(H,22,24)(H,25,26). The first-order valence-electron chi connectivity index (χ1n) is 8.17. The highest BCUT2D eigenvalue weighted by atomic mass is 19.1. The zero-order valence-electron chi connectivity index (χ0n) is 14.1. The maximum absolute atomic E-state index is 13.9. The number of carbonyl (C=O) groups is 2. The lowest BCUT2D eigenvalue weighted by molar-refractivity contribution is -0.137. The number of para-hydroxylation sites is 1. The summed E-state index contributed by atoms with van der Waals surface area (Å²) in [5.41, 5.74) is 0.468. The van der Waals surface area contributed by atoms with E-state index in [1.807, 2.05) is 0 Å². The Morgan fingerprint density at radius 1 is 1.00 bits per heavy atom. The molecule has 5 nitrogen and oxygen atoms in total. The predicted molar refractivity (Wildman–Crippen MR) is 93.6 cm³/mol. The Hall–Kier alpha value is -2.80. The molecule has 0 heterocycles. The number of hydrogen-bond donors (Lipinski definition) is 2. The van der Waals surface area contributed by atoms with Crippen LogP contribution in [0.15, 0.2) is 48.5 Å². The van der Waals surface area contributed by atoms with Crippen molar-refractivity contribution in [3.63, 3.8) is 0 Å². The van der Waals surface area contributed by atoms with Crippen LogP contribution in [0.4, 0.5) is 14.5 Å². The number of halogens is 2. The minimum Gasteiger partial charge on any atom is -0.481 e. The Bertz CT molecular complexity index is 768. The predicted octanol–water partition coefficient (Wildman–Crippen LogP) is 3.27. The van der Waals surface area contributed by atoms with Crippen molar-refractivity contribution in [2.24, 2.45) is 0 Å². The second-order valence-corrected chi connectivity index (χ2v) is 5.83. The number of benzene rings is 2. The van der Waals surface area contributed by atoms with Gasteiger partial charge in [-0.15, -0.1) is 0 Å². The molecule has 0 aliphatic carbocycles. The highest BCUT2D eigenvalue weighted by Gasteiger charge is 2.15. The van der Waals surface area contributed by atoms with Crippen LogP contribution < -0.4 is 5.32 Å². The second kappa shape index (κ2) is 9.62. The molecule has 1 amide bonds. The number of carboxylic acid groups (broad SMARTS) is 1. The highest BCUT2D eigenvalue weighted by molar-refractivity contribution is 5.92. The summed E-state index contributed by atoms with van der Waals surface area (Å²) in [5, 5.41) is 11.2. The zero-order chi connectivity index (χ0) is 18.9. The molecule has 0 spiro atoms. The molecular formula is C19H20F2N2O3. The minimum absolute atomic E-state index is 0.0529. The highest BCUT2D eigenvalue weighted by Crippen LogP contribution is 2.14. The van der Waals surface area contributed by atoms with Gasteiger partial charge in [-0.25, -0.2) is 8.78 Å². The molecule has 0 atom stereocenters. The molecule has 0 aliphatic rings. The van der Waals surface area contributed by atoms with Crippen LogP contribution in [-0.2, 0) is 16.1 Å². The first-order valence-corrected chi connectivity index (χ1v) is 8.17. The van der Waals surface area contributed by atoms with Crippen LogP contribution in [0.25, 0.3) is 0 Å². The van der Waals surface area contributed by atoms with E-state index in [2.05, 4.69) is 5.32 Å². The summed E-state index contributed by atoms with van der Waals surface area (Å²) in [6.45, 7) is 0.338.